The van der Waals surface area contributed by atoms with Gasteiger partial charge in [0.05, 0.1) is 0 Å². The third-order valence-electron chi connectivity index (χ3n) is 2.18. The van der Waals surface area contributed by atoms with Crippen molar-refractivity contribution in [1.82, 2.24) is 4.72 Å². The number of unbranched alkanes of at least 4 members (excludes halogenated alkanes) is 2. The van der Waals surface area contributed by atoms with Crippen molar-refractivity contribution in [3.63, 3.8) is 0 Å². The number of nitrogens with one attached hydrogen (secondary N) is 1. The fraction of sp³-hybridized carbons (Fsp3) is 1.00. The Morgan fingerprint density at radius 3 is 2.29 bits per heavy atom. The fourth-order valence-electron chi connectivity index (χ4n) is 1.22. The van der Waals surface area contributed by atoms with E-state index in [0.29, 0.717) is 6.54 Å². The normalized spacial score (nSPS) is 13.1. The molecular weight excluding hydrogens is 222 g/mol. The quantitative estimate of drug-likeness (QED) is 0.550. The van der Waals surface area contributed by atoms with Gasteiger partial charge in [-0.05, 0) is 11.8 Å². The van der Waals surface area contributed by atoms with Crippen LogP contribution in [0.5, 0.6) is 0 Å². The first-order chi connectivity index (χ1) is 6.27. The smallest absolute Gasteiger partial charge is 0.202 e. The van der Waals surface area contributed by atoms with Gasteiger partial charge in [0, 0.05) is 17.2 Å². The molecule has 0 aliphatic carbocycles. The van der Waals surface area contributed by atoms with Crippen molar-refractivity contribution in [1.29, 1.82) is 0 Å². The Hall–Kier alpha value is 0.200. The highest BCUT2D eigenvalue weighted by molar-refractivity contribution is 8.12. The van der Waals surface area contributed by atoms with E-state index in [-0.39, 0.29) is 5.41 Å². The Bertz CT molecular complexity index is 250. The molecule has 0 unspecified atom stereocenters. The summed E-state index contributed by atoms with van der Waals surface area (Å²) in [6.45, 7) is 6.63. The number of rotatable bonds is 7. The summed E-state index contributed by atoms with van der Waals surface area (Å²) in [4.78, 5) is 0. The molecule has 0 saturated carbocycles. The van der Waals surface area contributed by atoms with Crippen molar-refractivity contribution < 1.29 is 8.42 Å². The molecule has 14 heavy (non-hydrogen) atoms. The van der Waals surface area contributed by atoms with Crippen LogP contribution in [-0.4, -0.2) is 15.0 Å². The van der Waals surface area contributed by atoms with E-state index in [4.69, 9.17) is 10.7 Å². The number of hydrogen-bond acceptors (Lipinski definition) is 2. The Morgan fingerprint density at radius 1 is 1.29 bits per heavy atom. The lowest BCUT2D eigenvalue weighted by Gasteiger charge is -2.23. The second-order valence-electron chi connectivity index (χ2n) is 4.38. The maximum atomic E-state index is 10.7. The largest absolute Gasteiger partial charge is 0.297 e. The highest BCUT2D eigenvalue weighted by Gasteiger charge is 2.19. The van der Waals surface area contributed by atoms with E-state index in [2.05, 4.69) is 11.6 Å². The molecular formula is C9H20ClNO2S. The van der Waals surface area contributed by atoms with Crippen LogP contribution >= 0.6 is 10.7 Å². The van der Waals surface area contributed by atoms with E-state index in [0.717, 1.165) is 12.8 Å². The van der Waals surface area contributed by atoms with Gasteiger partial charge in [0.2, 0.25) is 0 Å². The van der Waals surface area contributed by atoms with Crippen LogP contribution in [0.15, 0.2) is 0 Å². The zero-order chi connectivity index (χ0) is 11.2. The molecule has 0 amide bonds. The Balaban J connectivity index is 3.83. The number of hydrogen-bond donors (Lipinski definition) is 1. The molecule has 0 aliphatic heterocycles. The molecule has 0 spiro atoms. The lowest BCUT2D eigenvalue weighted by molar-refractivity contribution is 0.321. The van der Waals surface area contributed by atoms with Crippen LogP contribution in [0.4, 0.5) is 0 Å². The maximum Gasteiger partial charge on any atom is 0.297 e. The second kappa shape index (κ2) is 5.93. The van der Waals surface area contributed by atoms with Crippen LogP contribution in [0, 0.1) is 5.41 Å². The molecule has 0 aromatic carbocycles. The van der Waals surface area contributed by atoms with Gasteiger partial charge in [0.15, 0.2) is 0 Å². The average molecular weight is 242 g/mol. The summed E-state index contributed by atoms with van der Waals surface area (Å²) in [6.07, 6.45) is 4.52. The van der Waals surface area contributed by atoms with Gasteiger partial charge < -0.3 is 0 Å². The van der Waals surface area contributed by atoms with E-state index < -0.39 is 9.24 Å². The molecule has 0 aliphatic rings. The van der Waals surface area contributed by atoms with Crippen molar-refractivity contribution >= 4 is 19.9 Å². The lowest BCUT2D eigenvalue weighted by atomic mass is 9.87. The molecule has 0 atom stereocenters. The van der Waals surface area contributed by atoms with Gasteiger partial charge in [-0.1, -0.05) is 40.0 Å². The fourth-order valence-corrected chi connectivity index (χ4v) is 1.95. The topological polar surface area (TPSA) is 46.2 Å². The van der Waals surface area contributed by atoms with Gasteiger partial charge in [0.1, 0.15) is 0 Å². The highest BCUT2D eigenvalue weighted by Crippen LogP contribution is 2.22. The molecule has 0 saturated heterocycles. The zero-order valence-electron chi connectivity index (χ0n) is 9.14. The molecule has 5 heteroatoms. The van der Waals surface area contributed by atoms with Crippen molar-refractivity contribution in [2.75, 3.05) is 6.54 Å². The minimum atomic E-state index is -3.57. The predicted molar refractivity (Wildman–Crippen MR) is 60.7 cm³/mol. The first-order valence-electron chi connectivity index (χ1n) is 4.96. The molecule has 0 heterocycles. The third-order valence-corrected chi connectivity index (χ3v) is 3.00. The third kappa shape index (κ3) is 8.78. The standard InChI is InChI=1S/C9H20ClNO2S/c1-4-5-6-7-9(2,3)8-11-14(10,12)13/h11H,4-8H2,1-3H3. The Kier molecular flexibility index (Phi) is 6.02. The van der Waals surface area contributed by atoms with Crippen molar-refractivity contribution in [2.45, 2.75) is 46.5 Å². The van der Waals surface area contributed by atoms with Crippen LogP contribution < -0.4 is 4.72 Å². The molecule has 0 fully saturated rings. The molecule has 3 nitrogen and oxygen atoms in total. The van der Waals surface area contributed by atoms with Crippen LogP contribution in [-0.2, 0) is 9.24 Å². The first kappa shape index (κ1) is 14.2. The Labute approximate surface area is 91.8 Å². The summed E-state index contributed by atoms with van der Waals surface area (Å²) >= 11 is 0. The average Bonchev–Trinajstić information content (AvgIpc) is 2.00. The van der Waals surface area contributed by atoms with Gasteiger partial charge in [-0.15, -0.1) is 0 Å². The predicted octanol–water partition coefficient (Wildman–Crippen LogP) is 2.67. The van der Waals surface area contributed by atoms with E-state index in [1.165, 1.54) is 12.8 Å². The van der Waals surface area contributed by atoms with Crippen LogP contribution in [0.2, 0.25) is 0 Å². The van der Waals surface area contributed by atoms with Crippen molar-refractivity contribution in [2.24, 2.45) is 5.41 Å². The molecule has 0 radical (unpaired) electrons. The SMILES string of the molecule is CCCCCC(C)(C)CNS(=O)(=O)Cl. The first-order valence-corrected chi connectivity index (χ1v) is 7.27. The molecule has 0 bridgehead atoms. The summed E-state index contributed by atoms with van der Waals surface area (Å²) in [7, 11) is 1.50. The summed E-state index contributed by atoms with van der Waals surface area (Å²) in [6, 6.07) is 0. The van der Waals surface area contributed by atoms with Gasteiger partial charge >= 0.3 is 0 Å². The lowest BCUT2D eigenvalue weighted by Crippen LogP contribution is -2.31. The maximum absolute atomic E-state index is 10.7. The second-order valence-corrected chi connectivity index (χ2v) is 6.76. The van der Waals surface area contributed by atoms with Gasteiger partial charge in [-0.25, -0.2) is 4.72 Å². The van der Waals surface area contributed by atoms with E-state index in [1.807, 2.05) is 13.8 Å². The molecule has 0 aromatic heterocycles. The van der Waals surface area contributed by atoms with Crippen molar-refractivity contribution in [3.8, 4) is 0 Å². The summed E-state index contributed by atoms with van der Waals surface area (Å²) in [5, 5.41) is 0. The van der Waals surface area contributed by atoms with Crippen LogP contribution in [0.25, 0.3) is 0 Å². The molecule has 1 N–H and O–H groups in total. The molecule has 0 aromatic rings. The molecule has 0 rings (SSSR count). The van der Waals surface area contributed by atoms with Crippen LogP contribution in [0.3, 0.4) is 0 Å². The van der Waals surface area contributed by atoms with E-state index in [9.17, 15) is 8.42 Å². The zero-order valence-corrected chi connectivity index (χ0v) is 10.7. The van der Waals surface area contributed by atoms with Gasteiger partial charge in [0.25, 0.3) is 9.24 Å². The van der Waals surface area contributed by atoms with E-state index >= 15 is 0 Å². The highest BCUT2D eigenvalue weighted by atomic mass is 35.7. The van der Waals surface area contributed by atoms with Crippen molar-refractivity contribution in [3.05, 3.63) is 0 Å². The monoisotopic (exact) mass is 241 g/mol. The minimum Gasteiger partial charge on any atom is -0.202 e. The van der Waals surface area contributed by atoms with Gasteiger partial charge in [-0.2, -0.15) is 8.42 Å². The summed E-state index contributed by atoms with van der Waals surface area (Å²) < 4.78 is 23.7. The summed E-state index contributed by atoms with van der Waals surface area (Å²) in [5.74, 6) is 0. The minimum absolute atomic E-state index is 0.0167. The van der Waals surface area contributed by atoms with Crippen LogP contribution in [0.1, 0.15) is 46.5 Å². The molecule has 86 valence electrons. The number of halogens is 1. The Morgan fingerprint density at radius 2 is 1.86 bits per heavy atom. The summed E-state index contributed by atoms with van der Waals surface area (Å²) in [5.41, 5.74) is -0.0167. The van der Waals surface area contributed by atoms with E-state index in [1.54, 1.807) is 0 Å². The van der Waals surface area contributed by atoms with Gasteiger partial charge in [-0.3, -0.25) is 0 Å².